The third-order valence-electron chi connectivity index (χ3n) is 5.97. The van der Waals surface area contributed by atoms with Gasteiger partial charge in [0.25, 0.3) is 23.4 Å². The number of nitro groups is 1. The van der Waals surface area contributed by atoms with Crippen LogP contribution in [0, 0.1) is 27.8 Å². The minimum atomic E-state index is -0.934. The van der Waals surface area contributed by atoms with Crippen LogP contribution in [-0.4, -0.2) is 42.3 Å². The molecule has 1 heterocycles. The molecule has 0 spiro atoms. The maximum Gasteiger partial charge on any atom is 0.282 e. The number of amides is 3. The summed E-state index contributed by atoms with van der Waals surface area (Å²) in [6.07, 6.45) is 0.768. The second kappa shape index (κ2) is 9.30. The fourth-order valence-corrected chi connectivity index (χ4v) is 5.53. The monoisotopic (exact) mass is 581 g/mol. The number of rotatable bonds is 5. The molecule has 1 aliphatic heterocycles. The van der Waals surface area contributed by atoms with Gasteiger partial charge in [-0.25, -0.2) is 9.40 Å². The van der Waals surface area contributed by atoms with Crippen LogP contribution in [-0.2, 0) is 16.1 Å². The molecule has 0 bridgehead atoms. The van der Waals surface area contributed by atoms with E-state index >= 15 is 0 Å². The molecule has 2 fully saturated rings. The Hall–Kier alpha value is -2.66. The van der Waals surface area contributed by atoms with Gasteiger partial charge >= 0.3 is 0 Å². The highest BCUT2D eigenvalue weighted by atomic mass is 79.9. The van der Waals surface area contributed by atoms with Crippen LogP contribution in [0.5, 0.6) is 0 Å². The largest absolute Gasteiger partial charge is 0.282 e. The average molecular weight is 583 g/mol. The normalized spacial score (nSPS) is 24.5. The number of carbonyl (C=O) groups is 3. The Kier molecular flexibility index (Phi) is 6.62. The molecule has 8 nitrogen and oxygen atoms in total. The van der Waals surface area contributed by atoms with Crippen molar-refractivity contribution in [2.24, 2.45) is 11.8 Å². The molecule has 0 aromatic heterocycles. The van der Waals surface area contributed by atoms with Crippen molar-refractivity contribution in [3.8, 4) is 0 Å². The molecule has 172 valence electrons. The SMILES string of the molecule is O=C(c1ccccc1[N+](=O)[O-])N(Cc1ccccc1F)N1C(=O)[C@@H]2C[C@@H](Br)[C@@H](Br)C[C@H]2C1=O. The quantitative estimate of drug-likeness (QED) is 0.227. The Morgan fingerprint density at radius 3 is 2.15 bits per heavy atom. The van der Waals surface area contributed by atoms with E-state index in [1.807, 2.05) is 0 Å². The molecule has 2 aromatic carbocycles. The fraction of sp³-hybridized carbons (Fsp3) is 0.318. The van der Waals surface area contributed by atoms with Crippen LogP contribution in [0.3, 0.4) is 0 Å². The predicted octanol–water partition coefficient (Wildman–Crippen LogP) is 4.21. The Morgan fingerprint density at radius 1 is 1.03 bits per heavy atom. The van der Waals surface area contributed by atoms with Crippen LogP contribution in [0.15, 0.2) is 48.5 Å². The highest BCUT2D eigenvalue weighted by Gasteiger charge is 2.54. The van der Waals surface area contributed by atoms with Gasteiger partial charge in [0.15, 0.2) is 0 Å². The molecule has 0 unspecified atom stereocenters. The number of hydrazine groups is 1. The average Bonchev–Trinajstić information content (AvgIpc) is 3.02. The first-order valence-corrected chi connectivity index (χ1v) is 12.0. The molecule has 0 radical (unpaired) electrons. The second-order valence-corrected chi connectivity index (χ2v) is 10.3. The molecule has 0 N–H and O–H groups in total. The van der Waals surface area contributed by atoms with Crippen molar-refractivity contribution in [1.29, 1.82) is 0 Å². The van der Waals surface area contributed by atoms with E-state index in [-0.39, 0.29) is 20.8 Å². The summed E-state index contributed by atoms with van der Waals surface area (Å²) >= 11 is 7.03. The van der Waals surface area contributed by atoms with Crippen molar-refractivity contribution in [2.75, 3.05) is 0 Å². The second-order valence-electron chi connectivity index (χ2n) is 7.93. The Labute approximate surface area is 205 Å². The molecular formula is C22H18Br2FN3O5. The van der Waals surface area contributed by atoms with Crippen LogP contribution in [0.1, 0.15) is 28.8 Å². The Balaban J connectivity index is 1.78. The number of hydrogen-bond acceptors (Lipinski definition) is 5. The molecule has 11 heteroatoms. The minimum absolute atomic E-state index is 0.0404. The topological polar surface area (TPSA) is 101 Å². The summed E-state index contributed by atoms with van der Waals surface area (Å²) in [5.74, 6) is -3.99. The van der Waals surface area contributed by atoms with Gasteiger partial charge < -0.3 is 0 Å². The summed E-state index contributed by atoms with van der Waals surface area (Å²) in [6.45, 7) is -0.441. The molecule has 2 aromatic rings. The Morgan fingerprint density at radius 2 is 1.58 bits per heavy atom. The van der Waals surface area contributed by atoms with Gasteiger partial charge in [-0.1, -0.05) is 62.2 Å². The first-order chi connectivity index (χ1) is 15.7. The molecule has 2 aliphatic rings. The molecule has 4 rings (SSSR count). The Bertz CT molecular complexity index is 1120. The van der Waals surface area contributed by atoms with Gasteiger partial charge in [-0.05, 0) is 25.0 Å². The predicted molar refractivity (Wildman–Crippen MR) is 123 cm³/mol. The zero-order valence-electron chi connectivity index (χ0n) is 17.1. The number of hydrogen-bond donors (Lipinski definition) is 0. The highest BCUT2D eigenvalue weighted by Crippen LogP contribution is 2.44. The number of imide groups is 1. The zero-order valence-corrected chi connectivity index (χ0v) is 20.2. The summed E-state index contributed by atoms with van der Waals surface area (Å²) in [4.78, 5) is 50.9. The van der Waals surface area contributed by atoms with E-state index in [0.717, 1.165) is 16.1 Å². The molecule has 1 aliphatic carbocycles. The van der Waals surface area contributed by atoms with E-state index in [1.54, 1.807) is 6.07 Å². The zero-order chi connectivity index (χ0) is 23.9. The van der Waals surface area contributed by atoms with Gasteiger partial charge in [0.1, 0.15) is 11.4 Å². The van der Waals surface area contributed by atoms with E-state index in [9.17, 15) is 28.9 Å². The molecule has 1 saturated heterocycles. The van der Waals surface area contributed by atoms with Crippen LogP contribution in [0.25, 0.3) is 0 Å². The van der Waals surface area contributed by atoms with Gasteiger partial charge in [-0.15, -0.1) is 0 Å². The lowest BCUT2D eigenvalue weighted by atomic mass is 9.81. The van der Waals surface area contributed by atoms with Crippen LogP contribution >= 0.6 is 31.9 Å². The van der Waals surface area contributed by atoms with Crippen molar-refractivity contribution in [3.05, 3.63) is 75.6 Å². The molecule has 1 saturated carbocycles. The standard InChI is InChI=1S/C22H18Br2FN3O5/c23-16-9-14-15(10-17(16)24)22(31)27(21(14)30)26(11-12-5-1-3-7-18(12)25)20(29)13-6-2-4-8-19(13)28(32)33/h1-8,14-17H,9-11H2/t14-,15-,16-,17+/m1/s1. The number of benzene rings is 2. The van der Waals surface area contributed by atoms with E-state index < -0.39 is 52.5 Å². The lowest BCUT2D eigenvalue weighted by Crippen LogP contribution is -2.50. The molecule has 33 heavy (non-hydrogen) atoms. The molecular weight excluding hydrogens is 565 g/mol. The van der Waals surface area contributed by atoms with Gasteiger partial charge in [0.05, 0.1) is 23.3 Å². The number of alkyl halides is 2. The molecule has 4 atom stereocenters. The minimum Gasteiger partial charge on any atom is -0.272 e. The van der Waals surface area contributed by atoms with E-state index in [2.05, 4.69) is 31.9 Å². The number of para-hydroxylation sites is 1. The first-order valence-electron chi connectivity index (χ1n) is 10.1. The summed E-state index contributed by atoms with van der Waals surface area (Å²) < 4.78 is 14.5. The summed E-state index contributed by atoms with van der Waals surface area (Å²) in [6, 6.07) is 10.9. The van der Waals surface area contributed by atoms with E-state index in [1.165, 1.54) is 36.4 Å². The summed E-state index contributed by atoms with van der Waals surface area (Å²) in [5.41, 5.74) is -0.707. The molecule has 3 amide bonds. The van der Waals surface area contributed by atoms with E-state index in [4.69, 9.17) is 0 Å². The number of nitro benzene ring substituents is 1. The first kappa shape index (κ1) is 23.5. The summed E-state index contributed by atoms with van der Waals surface area (Å²) in [5, 5.41) is 13.1. The van der Waals surface area contributed by atoms with Crippen molar-refractivity contribution in [2.45, 2.75) is 29.0 Å². The van der Waals surface area contributed by atoms with Gasteiger partial charge in [0, 0.05) is 21.3 Å². The smallest absolute Gasteiger partial charge is 0.272 e. The van der Waals surface area contributed by atoms with Crippen molar-refractivity contribution in [3.63, 3.8) is 0 Å². The van der Waals surface area contributed by atoms with Crippen molar-refractivity contribution in [1.82, 2.24) is 10.0 Å². The lowest BCUT2D eigenvalue weighted by Gasteiger charge is -2.30. The van der Waals surface area contributed by atoms with Crippen molar-refractivity contribution < 1.29 is 23.7 Å². The van der Waals surface area contributed by atoms with E-state index in [0.29, 0.717) is 12.8 Å². The maximum absolute atomic E-state index is 14.5. The summed E-state index contributed by atoms with van der Waals surface area (Å²) in [7, 11) is 0. The highest BCUT2D eigenvalue weighted by molar-refractivity contribution is 9.12. The number of carbonyl (C=O) groups excluding carboxylic acids is 3. The number of nitrogens with zero attached hydrogens (tertiary/aromatic N) is 3. The van der Waals surface area contributed by atoms with Crippen LogP contribution in [0.2, 0.25) is 0 Å². The van der Waals surface area contributed by atoms with Crippen LogP contribution < -0.4 is 0 Å². The van der Waals surface area contributed by atoms with Crippen LogP contribution in [0.4, 0.5) is 10.1 Å². The van der Waals surface area contributed by atoms with Gasteiger partial charge in [-0.3, -0.25) is 24.5 Å². The van der Waals surface area contributed by atoms with Gasteiger partial charge in [0.2, 0.25) is 0 Å². The number of fused-ring (bicyclic) bond motifs is 1. The number of halogens is 3. The van der Waals surface area contributed by atoms with Gasteiger partial charge in [-0.2, -0.15) is 5.01 Å². The lowest BCUT2D eigenvalue weighted by molar-refractivity contribution is -0.385. The maximum atomic E-state index is 14.5. The van der Waals surface area contributed by atoms with Crippen molar-refractivity contribution >= 4 is 55.3 Å². The third-order valence-corrected chi connectivity index (χ3v) is 8.71. The fourth-order valence-electron chi connectivity index (χ4n) is 4.29. The third kappa shape index (κ3) is 4.31.